The molecule has 0 aromatic carbocycles. The van der Waals surface area contributed by atoms with E-state index in [4.69, 9.17) is 14.2 Å². The molecule has 6 heteroatoms. The molecular formula is C71H120O6. The number of hydrogen-bond acceptors (Lipinski definition) is 6. The third-order valence-electron chi connectivity index (χ3n) is 13.8. The van der Waals surface area contributed by atoms with E-state index in [2.05, 4.69) is 130 Å². The van der Waals surface area contributed by atoms with E-state index in [0.717, 1.165) is 122 Å². The van der Waals surface area contributed by atoms with Crippen LogP contribution in [-0.2, 0) is 28.6 Å². The fourth-order valence-electron chi connectivity index (χ4n) is 8.99. The first-order chi connectivity index (χ1) is 38.0. The normalized spacial score (nSPS) is 12.8. The Morgan fingerprint density at radius 1 is 0.273 bits per heavy atom. The Bertz CT molecular complexity index is 1560. The number of unbranched alkanes of at least 4 members (excludes halogenated alkanes) is 29. The van der Waals surface area contributed by atoms with E-state index in [1.807, 2.05) is 0 Å². The topological polar surface area (TPSA) is 78.9 Å². The second kappa shape index (κ2) is 64.6. The van der Waals surface area contributed by atoms with E-state index < -0.39 is 6.10 Å². The second-order valence-electron chi connectivity index (χ2n) is 21.3. The van der Waals surface area contributed by atoms with Crippen molar-refractivity contribution in [3.63, 3.8) is 0 Å². The molecule has 0 spiro atoms. The number of carbonyl (C=O) groups excluding carboxylic acids is 3. The molecule has 0 N–H and O–H groups in total. The van der Waals surface area contributed by atoms with Gasteiger partial charge in [0.25, 0.3) is 0 Å². The van der Waals surface area contributed by atoms with Crippen molar-refractivity contribution in [2.24, 2.45) is 0 Å². The number of rotatable bonds is 58. The Labute approximate surface area is 476 Å². The molecule has 0 aliphatic heterocycles. The maximum Gasteiger partial charge on any atom is 0.306 e. The highest BCUT2D eigenvalue weighted by Crippen LogP contribution is 2.16. The quantitative estimate of drug-likeness (QED) is 0.0261. The highest BCUT2D eigenvalue weighted by molar-refractivity contribution is 5.71. The Morgan fingerprint density at radius 3 is 0.805 bits per heavy atom. The van der Waals surface area contributed by atoms with E-state index in [0.29, 0.717) is 12.8 Å². The summed E-state index contributed by atoms with van der Waals surface area (Å²) in [6, 6.07) is 0. The average molecular weight is 1070 g/mol. The van der Waals surface area contributed by atoms with Gasteiger partial charge in [-0.1, -0.05) is 291 Å². The van der Waals surface area contributed by atoms with Gasteiger partial charge in [-0.15, -0.1) is 0 Å². The smallest absolute Gasteiger partial charge is 0.306 e. The molecule has 1 atom stereocenters. The fraction of sp³-hybridized carbons (Fsp3) is 0.704. The molecule has 1 unspecified atom stereocenters. The van der Waals surface area contributed by atoms with Gasteiger partial charge in [0.1, 0.15) is 13.2 Å². The lowest BCUT2D eigenvalue weighted by Gasteiger charge is -2.18. The molecule has 0 amide bonds. The van der Waals surface area contributed by atoms with Crippen molar-refractivity contribution in [2.45, 2.75) is 309 Å². The minimum Gasteiger partial charge on any atom is -0.462 e. The van der Waals surface area contributed by atoms with Crippen molar-refractivity contribution in [1.29, 1.82) is 0 Å². The van der Waals surface area contributed by atoms with Crippen molar-refractivity contribution in [3.8, 4) is 0 Å². The van der Waals surface area contributed by atoms with Gasteiger partial charge in [0.05, 0.1) is 0 Å². The summed E-state index contributed by atoms with van der Waals surface area (Å²) in [6.07, 6.45) is 88.1. The molecule has 0 heterocycles. The zero-order valence-electron chi connectivity index (χ0n) is 50.4. The first kappa shape index (κ1) is 73.1. The van der Waals surface area contributed by atoms with Gasteiger partial charge in [0.15, 0.2) is 6.10 Å². The summed E-state index contributed by atoms with van der Waals surface area (Å²) in [7, 11) is 0. The van der Waals surface area contributed by atoms with Gasteiger partial charge in [-0.2, -0.15) is 0 Å². The number of esters is 3. The fourth-order valence-corrected chi connectivity index (χ4v) is 8.99. The molecule has 0 radical (unpaired) electrons. The zero-order chi connectivity index (χ0) is 55.7. The Kier molecular flexibility index (Phi) is 61.3. The largest absolute Gasteiger partial charge is 0.462 e. The molecule has 0 aromatic heterocycles. The Morgan fingerprint density at radius 2 is 0.506 bits per heavy atom. The van der Waals surface area contributed by atoms with Crippen molar-refractivity contribution in [1.82, 2.24) is 0 Å². The molecule has 0 fully saturated rings. The van der Waals surface area contributed by atoms with Crippen LogP contribution < -0.4 is 0 Å². The minimum atomic E-state index is -0.797. The number of allylic oxidation sites excluding steroid dienone is 18. The van der Waals surface area contributed by atoms with E-state index in [1.165, 1.54) is 141 Å². The first-order valence-electron chi connectivity index (χ1n) is 32.4. The molecule has 0 saturated heterocycles. The average Bonchev–Trinajstić information content (AvgIpc) is 3.43. The minimum absolute atomic E-state index is 0.0899. The lowest BCUT2D eigenvalue weighted by atomic mass is 10.0. The van der Waals surface area contributed by atoms with Gasteiger partial charge >= 0.3 is 17.9 Å². The van der Waals surface area contributed by atoms with Crippen LogP contribution >= 0.6 is 0 Å². The predicted octanol–water partition coefficient (Wildman–Crippen LogP) is 22.2. The van der Waals surface area contributed by atoms with Gasteiger partial charge in [0.2, 0.25) is 0 Å². The summed E-state index contributed by atoms with van der Waals surface area (Å²) >= 11 is 0. The molecule has 0 aliphatic carbocycles. The molecule has 0 aromatic rings. The van der Waals surface area contributed by atoms with Gasteiger partial charge in [-0.05, 0) is 103 Å². The van der Waals surface area contributed by atoms with Gasteiger partial charge < -0.3 is 14.2 Å². The highest BCUT2D eigenvalue weighted by atomic mass is 16.6. The van der Waals surface area contributed by atoms with Crippen LogP contribution in [0.3, 0.4) is 0 Å². The molecule has 0 bridgehead atoms. The van der Waals surface area contributed by atoms with E-state index in [-0.39, 0.29) is 37.5 Å². The predicted molar refractivity (Wildman–Crippen MR) is 334 cm³/mol. The van der Waals surface area contributed by atoms with Gasteiger partial charge in [-0.25, -0.2) is 0 Å². The van der Waals surface area contributed by atoms with Crippen molar-refractivity contribution in [2.75, 3.05) is 13.2 Å². The van der Waals surface area contributed by atoms with Crippen LogP contribution in [0.4, 0.5) is 0 Å². The summed E-state index contributed by atoms with van der Waals surface area (Å²) in [4.78, 5) is 38.3. The molecule has 0 aliphatic rings. The molecule has 0 saturated carbocycles. The number of ether oxygens (including phenoxy) is 3. The zero-order valence-corrected chi connectivity index (χ0v) is 50.4. The van der Waals surface area contributed by atoms with Crippen LogP contribution in [0.25, 0.3) is 0 Å². The third kappa shape index (κ3) is 62.8. The van der Waals surface area contributed by atoms with E-state index in [9.17, 15) is 14.4 Å². The van der Waals surface area contributed by atoms with E-state index >= 15 is 0 Å². The molecule has 6 nitrogen and oxygen atoms in total. The molecule has 77 heavy (non-hydrogen) atoms. The number of hydrogen-bond donors (Lipinski definition) is 0. The summed E-state index contributed by atoms with van der Waals surface area (Å²) in [5.41, 5.74) is 0. The molecular weight excluding hydrogens is 949 g/mol. The number of carbonyl (C=O) groups is 3. The monoisotopic (exact) mass is 1070 g/mol. The van der Waals surface area contributed by atoms with Gasteiger partial charge in [-0.3, -0.25) is 14.4 Å². The summed E-state index contributed by atoms with van der Waals surface area (Å²) < 4.78 is 16.9. The van der Waals surface area contributed by atoms with Crippen LogP contribution in [0.1, 0.15) is 303 Å². The van der Waals surface area contributed by atoms with Crippen LogP contribution in [0.2, 0.25) is 0 Å². The SMILES string of the molecule is CC/C=C\C/C=C\C/C=C\C/C=C\C/C=C\CCCCCC(=O)OC(COC(=O)CCCCCCCCCCCCCC/C=C\C/C=C\C/C=C\C/C=C\CC)COC(=O)CCCCCCCCCCCCCCCCC. The standard InChI is InChI=1S/C71H120O6/c1-4-7-10-13-16-19-22-25-28-30-32-33-34-35-36-37-39-40-43-46-49-52-55-58-61-64-70(73)76-67-68(66-75-69(72)63-60-57-54-51-48-45-42-27-24-21-18-15-12-9-6-3)77-71(74)65-62-59-56-53-50-47-44-41-38-31-29-26-23-20-17-14-11-8-5-2/h7-8,10-11,16-17,19-20,25-26,28-29,32-33,38,41,47,50,68H,4-6,9,12-15,18,21-24,27,30-31,34-37,39-40,42-46,48-49,51-67H2,1-3H3/b10-7-,11-8-,19-16-,20-17-,28-25-,29-26-,33-32-,41-38-,50-47-. The summed E-state index contributed by atoms with van der Waals surface area (Å²) in [5, 5.41) is 0. The lowest BCUT2D eigenvalue weighted by Crippen LogP contribution is -2.30. The van der Waals surface area contributed by atoms with Crippen molar-refractivity contribution in [3.05, 3.63) is 109 Å². The molecule has 440 valence electrons. The second-order valence-corrected chi connectivity index (χ2v) is 21.3. The van der Waals surface area contributed by atoms with Crippen LogP contribution in [0.15, 0.2) is 109 Å². The first-order valence-corrected chi connectivity index (χ1v) is 32.4. The van der Waals surface area contributed by atoms with Gasteiger partial charge in [0, 0.05) is 19.3 Å². The van der Waals surface area contributed by atoms with Crippen LogP contribution in [0, 0.1) is 0 Å². The van der Waals surface area contributed by atoms with Crippen LogP contribution in [0.5, 0.6) is 0 Å². The maximum atomic E-state index is 12.9. The third-order valence-corrected chi connectivity index (χ3v) is 13.8. The molecule has 0 rings (SSSR count). The van der Waals surface area contributed by atoms with Crippen molar-refractivity contribution >= 4 is 17.9 Å². The lowest BCUT2D eigenvalue weighted by molar-refractivity contribution is -0.167. The highest BCUT2D eigenvalue weighted by Gasteiger charge is 2.19. The Balaban J connectivity index is 4.38. The summed E-state index contributed by atoms with van der Waals surface area (Å²) in [6.45, 7) is 6.41. The van der Waals surface area contributed by atoms with E-state index in [1.54, 1.807) is 0 Å². The van der Waals surface area contributed by atoms with Crippen LogP contribution in [-0.4, -0.2) is 37.2 Å². The Hall–Kier alpha value is -3.93. The van der Waals surface area contributed by atoms with Crippen molar-refractivity contribution < 1.29 is 28.6 Å². The summed E-state index contributed by atoms with van der Waals surface area (Å²) in [5.74, 6) is -0.914. The maximum absolute atomic E-state index is 12.9.